The van der Waals surface area contributed by atoms with Crippen molar-refractivity contribution in [2.75, 3.05) is 7.11 Å². The van der Waals surface area contributed by atoms with Crippen LogP contribution in [0.1, 0.15) is 5.56 Å². The fourth-order valence-corrected chi connectivity index (χ4v) is 2.51. The summed E-state index contributed by atoms with van der Waals surface area (Å²) in [6.45, 7) is 0.369. The standard InChI is InChI=1S/C16H14N6O2/c1-24-13-4-2-12(3-5-13)10-22-16(23)21-9-7-18-14(15(21)19-22)20-8-6-17-11-20/h2-9,11H,10H2,1H3. The molecule has 0 aliphatic carbocycles. The molecule has 0 saturated heterocycles. The zero-order valence-electron chi connectivity index (χ0n) is 12.9. The predicted molar refractivity (Wildman–Crippen MR) is 86.5 cm³/mol. The molecule has 1 aromatic carbocycles. The second-order valence-corrected chi connectivity index (χ2v) is 5.20. The summed E-state index contributed by atoms with van der Waals surface area (Å²) < 4.78 is 9.76. The van der Waals surface area contributed by atoms with Crippen LogP contribution in [0.15, 0.2) is 60.2 Å². The van der Waals surface area contributed by atoms with E-state index in [4.69, 9.17) is 4.74 Å². The summed E-state index contributed by atoms with van der Waals surface area (Å²) in [5, 5.41) is 4.43. The molecule has 0 atom stereocenters. The largest absolute Gasteiger partial charge is 0.497 e. The Morgan fingerprint density at radius 3 is 2.67 bits per heavy atom. The number of ether oxygens (including phenoxy) is 1. The van der Waals surface area contributed by atoms with Crippen LogP contribution in [0.2, 0.25) is 0 Å². The topological polar surface area (TPSA) is 79.2 Å². The first-order valence-electron chi connectivity index (χ1n) is 7.32. The number of imidazole rings is 1. The first kappa shape index (κ1) is 14.2. The first-order valence-corrected chi connectivity index (χ1v) is 7.32. The number of rotatable bonds is 4. The summed E-state index contributed by atoms with van der Waals surface area (Å²) in [5.41, 5.74) is 1.22. The van der Waals surface area contributed by atoms with Gasteiger partial charge in [-0.3, -0.25) is 4.57 Å². The van der Waals surface area contributed by atoms with Gasteiger partial charge in [-0.1, -0.05) is 12.1 Å². The van der Waals surface area contributed by atoms with Crippen molar-refractivity contribution in [3.8, 4) is 11.6 Å². The molecule has 8 nitrogen and oxygen atoms in total. The van der Waals surface area contributed by atoms with Gasteiger partial charge in [0, 0.05) is 24.8 Å². The summed E-state index contributed by atoms with van der Waals surface area (Å²) in [4.78, 5) is 20.9. The minimum Gasteiger partial charge on any atom is -0.497 e. The molecule has 4 rings (SSSR count). The Bertz CT molecular complexity index is 1030. The van der Waals surface area contributed by atoms with E-state index in [1.807, 2.05) is 24.3 Å². The Kier molecular flexibility index (Phi) is 3.34. The lowest BCUT2D eigenvalue weighted by Gasteiger charge is -2.02. The Labute approximate surface area is 136 Å². The summed E-state index contributed by atoms with van der Waals surface area (Å²) in [5.74, 6) is 1.33. The zero-order chi connectivity index (χ0) is 16.5. The van der Waals surface area contributed by atoms with Gasteiger partial charge in [0.2, 0.25) is 5.65 Å². The summed E-state index contributed by atoms with van der Waals surface area (Å²) in [6, 6.07) is 7.53. The summed E-state index contributed by atoms with van der Waals surface area (Å²) >= 11 is 0. The van der Waals surface area contributed by atoms with Crippen LogP contribution in [0.4, 0.5) is 0 Å². The average molecular weight is 322 g/mol. The van der Waals surface area contributed by atoms with Crippen LogP contribution in [0.3, 0.4) is 0 Å². The van der Waals surface area contributed by atoms with Crippen molar-refractivity contribution >= 4 is 5.65 Å². The molecule has 0 radical (unpaired) electrons. The van der Waals surface area contributed by atoms with Gasteiger partial charge in [0.05, 0.1) is 13.7 Å². The summed E-state index contributed by atoms with van der Waals surface area (Å²) in [6.07, 6.45) is 8.21. The lowest BCUT2D eigenvalue weighted by Crippen LogP contribution is -2.21. The van der Waals surface area contributed by atoms with Crippen molar-refractivity contribution in [1.29, 1.82) is 0 Å². The molecule has 3 heterocycles. The number of hydrogen-bond donors (Lipinski definition) is 0. The molecule has 0 spiro atoms. The van der Waals surface area contributed by atoms with Crippen LogP contribution in [0.5, 0.6) is 5.75 Å². The van der Waals surface area contributed by atoms with Crippen molar-refractivity contribution in [2.24, 2.45) is 0 Å². The minimum atomic E-state index is -0.218. The highest BCUT2D eigenvalue weighted by Crippen LogP contribution is 2.13. The van der Waals surface area contributed by atoms with Gasteiger partial charge < -0.3 is 4.74 Å². The first-order chi connectivity index (χ1) is 11.8. The highest BCUT2D eigenvalue weighted by molar-refractivity contribution is 5.53. The molecular weight excluding hydrogens is 308 g/mol. The fourth-order valence-electron chi connectivity index (χ4n) is 2.51. The van der Waals surface area contributed by atoms with Gasteiger partial charge in [-0.25, -0.2) is 23.8 Å². The van der Waals surface area contributed by atoms with E-state index in [0.717, 1.165) is 11.3 Å². The van der Waals surface area contributed by atoms with Crippen molar-refractivity contribution in [3.05, 3.63) is 71.4 Å². The minimum absolute atomic E-state index is 0.218. The van der Waals surface area contributed by atoms with E-state index in [0.29, 0.717) is 18.0 Å². The molecule has 0 N–H and O–H groups in total. The lowest BCUT2D eigenvalue weighted by molar-refractivity contribution is 0.414. The SMILES string of the molecule is COc1ccc(Cn2nc3c(-n4ccnc4)nccn3c2=O)cc1. The maximum Gasteiger partial charge on any atom is 0.350 e. The lowest BCUT2D eigenvalue weighted by atomic mass is 10.2. The van der Waals surface area contributed by atoms with Gasteiger partial charge in [0.15, 0.2) is 5.82 Å². The van der Waals surface area contributed by atoms with E-state index in [1.54, 1.807) is 42.8 Å². The molecule has 4 aromatic rings. The van der Waals surface area contributed by atoms with E-state index in [2.05, 4.69) is 15.1 Å². The maximum absolute atomic E-state index is 12.6. The van der Waals surface area contributed by atoms with Gasteiger partial charge in [-0.2, -0.15) is 0 Å². The molecule has 0 amide bonds. The Morgan fingerprint density at radius 1 is 1.12 bits per heavy atom. The van der Waals surface area contributed by atoms with E-state index < -0.39 is 0 Å². The van der Waals surface area contributed by atoms with Gasteiger partial charge >= 0.3 is 5.69 Å². The van der Waals surface area contributed by atoms with Crippen molar-refractivity contribution in [2.45, 2.75) is 6.54 Å². The molecule has 3 aromatic heterocycles. The van der Waals surface area contributed by atoms with Crippen LogP contribution in [-0.2, 0) is 6.54 Å². The maximum atomic E-state index is 12.6. The second-order valence-electron chi connectivity index (χ2n) is 5.20. The van der Waals surface area contributed by atoms with E-state index in [-0.39, 0.29) is 5.69 Å². The zero-order valence-corrected chi connectivity index (χ0v) is 12.9. The van der Waals surface area contributed by atoms with Crippen LogP contribution >= 0.6 is 0 Å². The number of fused-ring (bicyclic) bond motifs is 1. The van der Waals surface area contributed by atoms with Crippen LogP contribution < -0.4 is 10.4 Å². The molecule has 120 valence electrons. The number of hydrogen-bond acceptors (Lipinski definition) is 5. The molecule has 0 aliphatic heterocycles. The third-order valence-electron chi connectivity index (χ3n) is 3.72. The third kappa shape index (κ3) is 2.34. The van der Waals surface area contributed by atoms with E-state index >= 15 is 0 Å². The van der Waals surface area contributed by atoms with Gasteiger partial charge in [0.25, 0.3) is 0 Å². The van der Waals surface area contributed by atoms with Crippen LogP contribution in [0.25, 0.3) is 11.5 Å². The van der Waals surface area contributed by atoms with Gasteiger partial charge in [0.1, 0.15) is 12.1 Å². The third-order valence-corrected chi connectivity index (χ3v) is 3.72. The smallest absolute Gasteiger partial charge is 0.350 e. The van der Waals surface area contributed by atoms with Crippen molar-refractivity contribution in [1.82, 2.24) is 28.7 Å². The Hall–Kier alpha value is -3.42. The molecule has 24 heavy (non-hydrogen) atoms. The average Bonchev–Trinajstić information content (AvgIpc) is 3.25. The normalized spacial score (nSPS) is 11.0. The monoisotopic (exact) mass is 322 g/mol. The predicted octanol–water partition coefficient (Wildman–Crippen LogP) is 1.13. The Morgan fingerprint density at radius 2 is 1.96 bits per heavy atom. The van der Waals surface area contributed by atoms with E-state index in [1.165, 1.54) is 9.08 Å². The molecule has 0 bridgehead atoms. The van der Waals surface area contributed by atoms with Crippen molar-refractivity contribution < 1.29 is 4.74 Å². The fraction of sp³-hybridized carbons (Fsp3) is 0.125. The highest BCUT2D eigenvalue weighted by Gasteiger charge is 2.13. The Balaban J connectivity index is 1.78. The number of methoxy groups -OCH3 is 1. The molecule has 0 saturated carbocycles. The quantitative estimate of drug-likeness (QED) is 0.563. The second kappa shape index (κ2) is 5.65. The molecule has 0 fully saturated rings. The number of benzene rings is 1. The molecule has 0 aliphatic rings. The van der Waals surface area contributed by atoms with Crippen LogP contribution in [0, 0.1) is 0 Å². The van der Waals surface area contributed by atoms with Crippen LogP contribution in [-0.4, -0.2) is 35.8 Å². The summed E-state index contributed by atoms with van der Waals surface area (Å²) in [7, 11) is 1.62. The van der Waals surface area contributed by atoms with Crippen molar-refractivity contribution in [3.63, 3.8) is 0 Å². The number of aromatic nitrogens is 6. The molecular formula is C16H14N6O2. The highest BCUT2D eigenvalue weighted by atomic mass is 16.5. The molecule has 8 heteroatoms. The number of nitrogens with zero attached hydrogens (tertiary/aromatic N) is 6. The van der Waals surface area contributed by atoms with Gasteiger partial charge in [-0.15, -0.1) is 5.10 Å². The van der Waals surface area contributed by atoms with Gasteiger partial charge in [-0.05, 0) is 17.7 Å². The molecule has 0 unspecified atom stereocenters. The van der Waals surface area contributed by atoms with E-state index in [9.17, 15) is 4.79 Å².